The number of nitrogens with zero attached hydrogens (tertiary/aromatic N) is 1. The lowest BCUT2D eigenvalue weighted by molar-refractivity contribution is -0.118. The van der Waals surface area contributed by atoms with Crippen molar-refractivity contribution in [2.45, 2.75) is 38.0 Å². The number of benzene rings is 1. The van der Waals surface area contributed by atoms with E-state index in [0.717, 1.165) is 17.5 Å². The highest BCUT2D eigenvalue weighted by atomic mass is 32.1. The quantitative estimate of drug-likeness (QED) is 0.827. The van der Waals surface area contributed by atoms with Crippen LogP contribution in [-0.4, -0.2) is 10.9 Å². The highest BCUT2D eigenvalue weighted by Gasteiger charge is 2.27. The summed E-state index contributed by atoms with van der Waals surface area (Å²) >= 11 is 1.44. The van der Waals surface area contributed by atoms with E-state index in [9.17, 15) is 4.79 Å². The van der Waals surface area contributed by atoms with Crippen LogP contribution in [0.15, 0.2) is 35.8 Å². The third kappa shape index (κ3) is 4.00. The minimum absolute atomic E-state index is 0.0281. The van der Waals surface area contributed by atoms with Crippen LogP contribution < -0.4 is 5.32 Å². The van der Waals surface area contributed by atoms with E-state index in [0.29, 0.717) is 11.0 Å². The molecule has 1 aromatic carbocycles. The first-order chi connectivity index (χ1) is 11.3. The molecule has 0 aliphatic heterocycles. The number of amides is 1. The zero-order valence-electron chi connectivity index (χ0n) is 13.0. The van der Waals surface area contributed by atoms with Crippen molar-refractivity contribution in [1.82, 2.24) is 4.98 Å². The molecule has 3 nitrogen and oxygen atoms in total. The summed E-state index contributed by atoms with van der Waals surface area (Å²) in [5.41, 5.74) is 1.87. The van der Waals surface area contributed by atoms with Gasteiger partial charge in [-0.25, -0.2) is 4.98 Å². The Morgan fingerprint density at radius 2 is 2.09 bits per heavy atom. The van der Waals surface area contributed by atoms with Crippen molar-refractivity contribution in [2.75, 3.05) is 5.32 Å². The monoisotopic (exact) mass is 324 g/mol. The fraction of sp³-hybridized carbons (Fsp3) is 0.368. The fourth-order valence-corrected chi connectivity index (χ4v) is 3.80. The maximum absolute atomic E-state index is 12.8. The van der Waals surface area contributed by atoms with Crippen molar-refractivity contribution >= 4 is 22.4 Å². The predicted octanol–water partition coefficient (Wildman–Crippen LogP) is 4.43. The molecule has 3 rings (SSSR count). The Bertz CT molecular complexity index is 679. The maximum Gasteiger partial charge on any atom is 0.233 e. The summed E-state index contributed by atoms with van der Waals surface area (Å²) in [4.78, 5) is 16.9. The summed E-state index contributed by atoms with van der Waals surface area (Å²) in [6.07, 6.45) is 13.0. The van der Waals surface area contributed by atoms with Crippen LogP contribution in [0.2, 0.25) is 0 Å². The topological polar surface area (TPSA) is 42.0 Å². The molecule has 0 spiro atoms. The molecule has 1 fully saturated rings. The number of hydrogen-bond acceptors (Lipinski definition) is 3. The van der Waals surface area contributed by atoms with E-state index in [1.54, 1.807) is 6.20 Å². The van der Waals surface area contributed by atoms with Crippen LogP contribution in [0.25, 0.3) is 0 Å². The van der Waals surface area contributed by atoms with Crippen LogP contribution in [0.3, 0.4) is 0 Å². The van der Waals surface area contributed by atoms with Crippen LogP contribution in [0.5, 0.6) is 0 Å². The maximum atomic E-state index is 12.8. The number of thiazole rings is 1. The molecule has 1 unspecified atom stereocenters. The van der Waals surface area contributed by atoms with Gasteiger partial charge in [-0.15, -0.1) is 17.8 Å². The summed E-state index contributed by atoms with van der Waals surface area (Å²) in [5, 5.41) is 5.47. The highest BCUT2D eigenvalue weighted by Crippen LogP contribution is 2.35. The Morgan fingerprint density at radius 1 is 1.35 bits per heavy atom. The van der Waals surface area contributed by atoms with E-state index in [2.05, 4.69) is 16.2 Å². The number of hydrogen-bond donors (Lipinski definition) is 1. The van der Waals surface area contributed by atoms with Crippen LogP contribution >= 0.6 is 11.3 Å². The van der Waals surface area contributed by atoms with Crippen molar-refractivity contribution in [3.63, 3.8) is 0 Å². The Kier molecular flexibility index (Phi) is 5.09. The minimum Gasteiger partial charge on any atom is -0.301 e. The molecule has 1 atom stereocenters. The molecule has 0 saturated heterocycles. The van der Waals surface area contributed by atoms with Gasteiger partial charge in [0.25, 0.3) is 0 Å². The van der Waals surface area contributed by atoms with E-state index >= 15 is 0 Å². The van der Waals surface area contributed by atoms with Gasteiger partial charge in [0.05, 0.1) is 5.92 Å². The smallest absolute Gasteiger partial charge is 0.233 e. The van der Waals surface area contributed by atoms with Crippen molar-refractivity contribution < 1.29 is 4.79 Å². The van der Waals surface area contributed by atoms with Gasteiger partial charge in [-0.2, -0.15) is 0 Å². The first-order valence-electron chi connectivity index (χ1n) is 8.03. The van der Waals surface area contributed by atoms with Crippen LogP contribution in [-0.2, 0) is 4.79 Å². The highest BCUT2D eigenvalue weighted by molar-refractivity contribution is 7.13. The first-order valence-corrected chi connectivity index (χ1v) is 8.91. The summed E-state index contributed by atoms with van der Waals surface area (Å²) in [7, 11) is 0. The summed E-state index contributed by atoms with van der Waals surface area (Å²) in [5.74, 6) is 3.14. The molecule has 4 heteroatoms. The second kappa shape index (κ2) is 7.43. The second-order valence-electron chi connectivity index (χ2n) is 6.03. The summed E-state index contributed by atoms with van der Waals surface area (Å²) in [6, 6.07) is 7.79. The Hall–Kier alpha value is -2.12. The third-order valence-corrected chi connectivity index (χ3v) is 5.19. The molecule has 1 amide bonds. The number of terminal acetylenes is 1. The Balaban J connectivity index is 1.79. The number of anilines is 1. The van der Waals surface area contributed by atoms with Gasteiger partial charge >= 0.3 is 0 Å². The zero-order valence-corrected chi connectivity index (χ0v) is 13.8. The number of rotatable bonds is 5. The van der Waals surface area contributed by atoms with E-state index in [4.69, 9.17) is 6.42 Å². The average Bonchev–Trinajstić information content (AvgIpc) is 3.26. The molecule has 1 saturated carbocycles. The van der Waals surface area contributed by atoms with E-state index in [1.807, 2.05) is 29.6 Å². The fourth-order valence-electron chi connectivity index (χ4n) is 3.26. The summed E-state index contributed by atoms with van der Waals surface area (Å²) < 4.78 is 0. The average molecular weight is 324 g/mol. The molecular formula is C19H20N2OS. The predicted molar refractivity (Wildman–Crippen MR) is 94.4 cm³/mol. The van der Waals surface area contributed by atoms with Gasteiger partial charge in [0.1, 0.15) is 0 Å². The molecule has 118 valence electrons. The van der Waals surface area contributed by atoms with Crippen LogP contribution in [0.4, 0.5) is 5.13 Å². The zero-order chi connectivity index (χ0) is 16.1. The standard InChI is InChI=1S/C19H20N2OS/c1-2-14-7-9-16(10-8-14)17(13-15-5-3-4-6-15)18(22)21-19-20-11-12-23-19/h1,7-12,15,17H,3-6,13H2,(H,20,21,22). The number of carbonyl (C=O) groups is 1. The lowest BCUT2D eigenvalue weighted by Gasteiger charge is -2.20. The van der Waals surface area contributed by atoms with Crippen molar-refractivity contribution in [3.8, 4) is 12.3 Å². The van der Waals surface area contributed by atoms with Gasteiger partial charge < -0.3 is 5.32 Å². The lowest BCUT2D eigenvalue weighted by atomic mass is 9.87. The molecular weight excluding hydrogens is 304 g/mol. The molecule has 1 heterocycles. The number of aromatic nitrogens is 1. The van der Waals surface area contributed by atoms with Gasteiger partial charge in [-0.3, -0.25) is 4.79 Å². The molecule has 0 radical (unpaired) electrons. The third-order valence-electron chi connectivity index (χ3n) is 4.50. The molecule has 0 bridgehead atoms. The first kappa shape index (κ1) is 15.8. The minimum atomic E-state index is -0.145. The normalized spacial score (nSPS) is 16.0. The molecule has 1 N–H and O–H groups in total. The van der Waals surface area contributed by atoms with Gasteiger partial charge in [-0.1, -0.05) is 43.7 Å². The van der Waals surface area contributed by atoms with Crippen LogP contribution in [0, 0.1) is 18.3 Å². The van der Waals surface area contributed by atoms with E-state index in [1.165, 1.54) is 37.0 Å². The largest absolute Gasteiger partial charge is 0.301 e. The Morgan fingerprint density at radius 3 is 2.70 bits per heavy atom. The van der Waals surface area contributed by atoms with E-state index < -0.39 is 0 Å². The molecule has 1 aliphatic rings. The number of nitrogens with one attached hydrogen (secondary N) is 1. The van der Waals surface area contributed by atoms with Gasteiger partial charge in [-0.05, 0) is 30.0 Å². The molecule has 1 aliphatic carbocycles. The molecule has 1 aromatic heterocycles. The number of carbonyl (C=O) groups excluding carboxylic acids is 1. The molecule has 2 aromatic rings. The van der Waals surface area contributed by atoms with Crippen molar-refractivity contribution in [1.29, 1.82) is 0 Å². The van der Waals surface area contributed by atoms with Gasteiger partial charge in [0, 0.05) is 17.1 Å². The second-order valence-corrected chi connectivity index (χ2v) is 6.93. The van der Waals surface area contributed by atoms with Crippen molar-refractivity contribution in [2.24, 2.45) is 5.92 Å². The SMILES string of the molecule is C#Cc1ccc(C(CC2CCCC2)C(=O)Nc2nccs2)cc1. The van der Waals surface area contributed by atoms with Gasteiger partial charge in [0.15, 0.2) is 5.13 Å². The van der Waals surface area contributed by atoms with Crippen molar-refractivity contribution in [3.05, 3.63) is 47.0 Å². The molecule has 23 heavy (non-hydrogen) atoms. The Labute approximate surface area is 141 Å². The van der Waals surface area contributed by atoms with Crippen LogP contribution in [0.1, 0.15) is 49.1 Å². The van der Waals surface area contributed by atoms with E-state index in [-0.39, 0.29) is 11.8 Å². The van der Waals surface area contributed by atoms with Gasteiger partial charge in [0.2, 0.25) is 5.91 Å². The summed E-state index contributed by atoms with van der Waals surface area (Å²) in [6.45, 7) is 0. The lowest BCUT2D eigenvalue weighted by Crippen LogP contribution is -2.23.